The molecule has 0 radical (unpaired) electrons. The largest absolute Gasteiger partial charge is 0.490 e. The Morgan fingerprint density at radius 2 is 1.86 bits per heavy atom. The number of anilines is 1. The monoisotopic (exact) mass is 381 g/mol. The molecule has 1 aliphatic rings. The van der Waals surface area contributed by atoms with Crippen molar-refractivity contribution in [1.29, 1.82) is 0 Å². The molecule has 0 bridgehead atoms. The van der Waals surface area contributed by atoms with Crippen LogP contribution in [0.2, 0.25) is 0 Å². The molecule has 9 heteroatoms. The first-order valence-electron chi connectivity index (χ1n) is 8.13. The van der Waals surface area contributed by atoms with E-state index in [0.717, 1.165) is 4.90 Å². The second-order valence-electron chi connectivity index (χ2n) is 5.93. The van der Waals surface area contributed by atoms with Crippen LogP contribution in [0.15, 0.2) is 48.0 Å². The number of imide groups is 2. The summed E-state index contributed by atoms with van der Waals surface area (Å²) < 4.78 is 4.93. The second kappa shape index (κ2) is 7.31. The van der Waals surface area contributed by atoms with Crippen LogP contribution in [0.5, 0.6) is 5.75 Å². The number of para-hydroxylation sites is 1. The summed E-state index contributed by atoms with van der Waals surface area (Å²) in [6.45, 7) is 1.72. The van der Waals surface area contributed by atoms with Gasteiger partial charge in [0, 0.05) is 6.07 Å². The van der Waals surface area contributed by atoms with Crippen molar-refractivity contribution in [1.82, 2.24) is 5.32 Å². The minimum atomic E-state index is -0.877. The number of hydrogen-bond donors (Lipinski definition) is 1. The van der Waals surface area contributed by atoms with E-state index in [2.05, 4.69) is 5.32 Å². The third-order valence-electron chi connectivity index (χ3n) is 4.17. The molecule has 0 unspecified atom stereocenters. The number of benzene rings is 2. The highest BCUT2D eigenvalue weighted by molar-refractivity contribution is 6.39. The highest BCUT2D eigenvalue weighted by Crippen LogP contribution is 2.29. The maximum atomic E-state index is 12.9. The maximum Gasteiger partial charge on any atom is 0.335 e. The standard InChI is InChI=1S/C19H15N3O6/c1-11-5-3-4-6-14(11)21-18(24)13(17(23)20-19(21)25)9-12-7-8-16(28-2)15(10-12)22(26)27/h3-10H,1-2H3,(H,20,23,25)/b13-9-. The SMILES string of the molecule is COc1ccc(/C=C2/C(=O)NC(=O)N(c3ccccc3C)C2=O)cc1[N+](=O)[O-]. The van der Waals surface area contributed by atoms with Crippen LogP contribution in [0.25, 0.3) is 6.08 Å². The lowest BCUT2D eigenvalue weighted by Gasteiger charge is -2.27. The molecule has 1 heterocycles. The van der Waals surface area contributed by atoms with Crippen LogP contribution in [0, 0.1) is 17.0 Å². The second-order valence-corrected chi connectivity index (χ2v) is 5.93. The lowest BCUT2D eigenvalue weighted by atomic mass is 10.1. The van der Waals surface area contributed by atoms with Gasteiger partial charge in [0.2, 0.25) is 0 Å². The quantitative estimate of drug-likeness (QED) is 0.376. The molecule has 9 nitrogen and oxygen atoms in total. The Morgan fingerprint density at radius 3 is 2.50 bits per heavy atom. The Morgan fingerprint density at radius 1 is 1.14 bits per heavy atom. The van der Waals surface area contributed by atoms with E-state index >= 15 is 0 Å². The number of rotatable bonds is 4. The van der Waals surface area contributed by atoms with Crippen molar-refractivity contribution in [2.45, 2.75) is 6.92 Å². The third-order valence-corrected chi connectivity index (χ3v) is 4.17. The number of nitrogens with one attached hydrogen (secondary N) is 1. The van der Waals surface area contributed by atoms with Gasteiger partial charge in [0.1, 0.15) is 5.57 Å². The fourth-order valence-corrected chi connectivity index (χ4v) is 2.80. The van der Waals surface area contributed by atoms with Crippen LogP contribution in [-0.2, 0) is 9.59 Å². The van der Waals surface area contributed by atoms with Crippen LogP contribution in [0.4, 0.5) is 16.2 Å². The number of methoxy groups -OCH3 is 1. The topological polar surface area (TPSA) is 119 Å². The van der Waals surface area contributed by atoms with Crippen molar-refractivity contribution in [2.75, 3.05) is 12.0 Å². The summed E-state index contributed by atoms with van der Waals surface area (Å²) in [7, 11) is 1.30. The van der Waals surface area contributed by atoms with Gasteiger partial charge in [0.05, 0.1) is 17.7 Å². The van der Waals surface area contributed by atoms with Gasteiger partial charge in [0.15, 0.2) is 5.75 Å². The predicted octanol–water partition coefficient (Wildman–Crippen LogP) is 2.58. The van der Waals surface area contributed by atoms with Gasteiger partial charge in [-0.1, -0.05) is 24.3 Å². The molecule has 4 amide bonds. The number of aryl methyl sites for hydroxylation is 1. The van der Waals surface area contributed by atoms with E-state index < -0.39 is 22.8 Å². The van der Waals surface area contributed by atoms with Crippen LogP contribution >= 0.6 is 0 Å². The maximum absolute atomic E-state index is 12.9. The van der Waals surface area contributed by atoms with E-state index in [9.17, 15) is 24.5 Å². The van der Waals surface area contributed by atoms with E-state index in [1.54, 1.807) is 31.2 Å². The molecule has 2 aromatic rings. The molecule has 1 N–H and O–H groups in total. The summed E-state index contributed by atoms with van der Waals surface area (Å²) in [6.07, 6.45) is 1.20. The summed E-state index contributed by atoms with van der Waals surface area (Å²) in [4.78, 5) is 48.7. The number of ether oxygens (including phenoxy) is 1. The number of amides is 4. The van der Waals surface area contributed by atoms with Crippen molar-refractivity contribution in [3.05, 3.63) is 69.3 Å². The molecule has 0 atom stereocenters. The molecule has 1 fully saturated rings. The highest BCUT2D eigenvalue weighted by atomic mass is 16.6. The van der Waals surface area contributed by atoms with Crippen LogP contribution < -0.4 is 15.0 Å². The van der Waals surface area contributed by atoms with E-state index in [-0.39, 0.29) is 22.6 Å². The van der Waals surface area contributed by atoms with Crippen molar-refractivity contribution in [3.8, 4) is 5.75 Å². The number of barbiturate groups is 1. The molecule has 142 valence electrons. The molecule has 0 aromatic heterocycles. The van der Waals surface area contributed by atoms with Gasteiger partial charge < -0.3 is 4.74 Å². The molecule has 2 aromatic carbocycles. The number of nitro groups is 1. The summed E-state index contributed by atoms with van der Waals surface area (Å²) >= 11 is 0. The molecule has 0 spiro atoms. The Bertz CT molecular complexity index is 1040. The van der Waals surface area contributed by atoms with Gasteiger partial charge in [-0.25, -0.2) is 9.69 Å². The lowest BCUT2D eigenvalue weighted by molar-refractivity contribution is -0.385. The van der Waals surface area contributed by atoms with Gasteiger partial charge in [-0.2, -0.15) is 0 Å². The minimum Gasteiger partial charge on any atom is -0.490 e. The van der Waals surface area contributed by atoms with E-state index in [0.29, 0.717) is 11.3 Å². The fourth-order valence-electron chi connectivity index (χ4n) is 2.80. The first-order valence-corrected chi connectivity index (χ1v) is 8.13. The van der Waals surface area contributed by atoms with Gasteiger partial charge in [-0.15, -0.1) is 0 Å². The van der Waals surface area contributed by atoms with E-state index in [1.165, 1.54) is 31.4 Å². The molecular formula is C19H15N3O6. The Kier molecular flexibility index (Phi) is 4.90. The zero-order valence-electron chi connectivity index (χ0n) is 15.0. The summed E-state index contributed by atoms with van der Waals surface area (Å²) in [5.74, 6) is -1.65. The Hall–Kier alpha value is -4.01. The predicted molar refractivity (Wildman–Crippen MR) is 99.8 cm³/mol. The first kappa shape index (κ1) is 18.8. The average Bonchev–Trinajstić information content (AvgIpc) is 2.66. The number of hydrogen-bond acceptors (Lipinski definition) is 6. The Labute approximate surface area is 159 Å². The van der Waals surface area contributed by atoms with Crippen molar-refractivity contribution in [2.24, 2.45) is 0 Å². The molecule has 28 heavy (non-hydrogen) atoms. The molecule has 0 aliphatic carbocycles. The number of carbonyl (C=O) groups is 3. The number of carbonyl (C=O) groups excluding carboxylic acids is 3. The summed E-state index contributed by atoms with van der Waals surface area (Å²) in [5, 5.41) is 13.3. The first-order chi connectivity index (χ1) is 13.3. The number of nitrogens with zero attached hydrogens (tertiary/aromatic N) is 2. The molecular weight excluding hydrogens is 366 g/mol. The number of nitro benzene ring substituents is 1. The molecule has 0 saturated carbocycles. The summed E-state index contributed by atoms with van der Waals surface area (Å²) in [5.41, 5.74) is 0.614. The normalized spacial score (nSPS) is 15.6. The fraction of sp³-hybridized carbons (Fsp3) is 0.105. The van der Waals surface area contributed by atoms with Gasteiger partial charge in [-0.05, 0) is 36.3 Å². The zero-order chi connectivity index (χ0) is 20.4. The molecule has 1 aliphatic heterocycles. The van der Waals surface area contributed by atoms with Gasteiger partial charge in [-0.3, -0.25) is 25.0 Å². The third kappa shape index (κ3) is 3.32. The van der Waals surface area contributed by atoms with Crippen molar-refractivity contribution >= 4 is 35.3 Å². The minimum absolute atomic E-state index is 0.0447. The Balaban J connectivity index is 2.06. The van der Waals surface area contributed by atoms with Gasteiger partial charge in [0.25, 0.3) is 11.8 Å². The highest BCUT2D eigenvalue weighted by Gasteiger charge is 2.37. The van der Waals surface area contributed by atoms with E-state index in [4.69, 9.17) is 4.74 Å². The van der Waals surface area contributed by atoms with Crippen molar-refractivity contribution < 1.29 is 24.0 Å². The molecule has 1 saturated heterocycles. The summed E-state index contributed by atoms with van der Waals surface area (Å²) in [6, 6.07) is 9.87. The zero-order valence-corrected chi connectivity index (χ0v) is 15.0. The average molecular weight is 381 g/mol. The van der Waals surface area contributed by atoms with E-state index in [1.807, 2.05) is 0 Å². The van der Waals surface area contributed by atoms with Crippen molar-refractivity contribution in [3.63, 3.8) is 0 Å². The number of urea groups is 1. The van der Waals surface area contributed by atoms with Crippen LogP contribution in [0.1, 0.15) is 11.1 Å². The smallest absolute Gasteiger partial charge is 0.335 e. The van der Waals surface area contributed by atoms with Gasteiger partial charge >= 0.3 is 11.7 Å². The van der Waals surface area contributed by atoms with Crippen LogP contribution in [0.3, 0.4) is 0 Å². The lowest BCUT2D eigenvalue weighted by Crippen LogP contribution is -2.54. The van der Waals surface area contributed by atoms with Crippen LogP contribution in [-0.4, -0.2) is 29.9 Å². The molecule has 3 rings (SSSR count).